The molecule has 0 heterocycles. The van der Waals surface area contributed by atoms with Crippen LogP contribution in [-0.2, 0) is 0 Å². The number of rotatable bonds is 2. The summed E-state index contributed by atoms with van der Waals surface area (Å²) in [7, 11) is 0. The lowest BCUT2D eigenvalue weighted by Crippen LogP contribution is -3.62. The molecule has 17 heavy (non-hydrogen) atoms. The quantitative estimate of drug-likeness (QED) is 0.712. The van der Waals surface area contributed by atoms with Gasteiger partial charge in [0.1, 0.15) is 0 Å². The molecular formula is C15H15FI+. The molecule has 2 aromatic rings. The van der Waals surface area contributed by atoms with Gasteiger partial charge < -0.3 is 0 Å². The van der Waals surface area contributed by atoms with E-state index in [9.17, 15) is 4.39 Å². The largest absolute Gasteiger partial charge is 0.361 e. The molecule has 0 fully saturated rings. The minimum atomic E-state index is -0.424. The van der Waals surface area contributed by atoms with Crippen LogP contribution in [-0.4, -0.2) is 0 Å². The molecule has 0 unspecified atom stereocenters. The molecule has 0 radical (unpaired) electrons. The van der Waals surface area contributed by atoms with Gasteiger partial charge in [-0.3, -0.25) is 0 Å². The molecule has 2 heteroatoms. The second-order valence-corrected chi connectivity index (χ2v) is 7.00. The third-order valence-electron chi connectivity index (χ3n) is 2.60. The first-order chi connectivity index (χ1) is 8.08. The second kappa shape index (κ2) is 5.17. The summed E-state index contributed by atoms with van der Waals surface area (Å²) in [6.45, 7) is 6.34. The predicted molar refractivity (Wildman–Crippen MR) is 64.4 cm³/mol. The molecule has 0 aliphatic heterocycles. The van der Waals surface area contributed by atoms with Gasteiger partial charge in [0.05, 0.1) is 0 Å². The molecule has 2 rings (SSSR count). The summed E-state index contributed by atoms with van der Waals surface area (Å²) >= 11 is -0.424. The van der Waals surface area contributed by atoms with Crippen molar-refractivity contribution in [1.82, 2.24) is 0 Å². The van der Waals surface area contributed by atoms with Crippen LogP contribution in [0, 0.1) is 33.7 Å². The monoisotopic (exact) mass is 341 g/mol. The van der Waals surface area contributed by atoms with Gasteiger partial charge >= 0.3 is 21.2 Å². The van der Waals surface area contributed by atoms with Crippen molar-refractivity contribution in [2.45, 2.75) is 20.8 Å². The maximum atomic E-state index is 13.6. The zero-order chi connectivity index (χ0) is 12.4. The van der Waals surface area contributed by atoms with Gasteiger partial charge in [-0.15, -0.1) is 0 Å². The van der Waals surface area contributed by atoms with E-state index in [0.717, 1.165) is 3.57 Å². The Kier molecular flexibility index (Phi) is 3.82. The topological polar surface area (TPSA) is 0 Å². The van der Waals surface area contributed by atoms with Crippen molar-refractivity contribution in [3.63, 3.8) is 0 Å². The minimum absolute atomic E-state index is 0.0697. The molecule has 0 nitrogen and oxygen atoms in total. The van der Waals surface area contributed by atoms with Crippen LogP contribution in [0.4, 0.5) is 4.39 Å². The van der Waals surface area contributed by atoms with Crippen LogP contribution in [0.1, 0.15) is 16.7 Å². The summed E-state index contributed by atoms with van der Waals surface area (Å²) in [6, 6.07) is 11.5. The van der Waals surface area contributed by atoms with E-state index in [2.05, 4.69) is 32.9 Å². The first-order valence-corrected chi connectivity index (χ1v) is 7.71. The Labute approximate surface area is 112 Å². The number of benzene rings is 2. The smallest absolute Gasteiger partial charge is 0.202 e. The third-order valence-corrected chi connectivity index (χ3v) is 6.30. The van der Waals surface area contributed by atoms with Crippen molar-refractivity contribution in [3.8, 4) is 0 Å². The average Bonchev–Trinajstić information content (AvgIpc) is 2.25. The molecule has 0 bridgehead atoms. The van der Waals surface area contributed by atoms with Gasteiger partial charge in [0, 0.05) is 11.1 Å². The molecule has 0 aromatic heterocycles. The van der Waals surface area contributed by atoms with Gasteiger partial charge in [-0.05, 0) is 32.9 Å². The van der Waals surface area contributed by atoms with Gasteiger partial charge in [0.25, 0.3) is 0 Å². The van der Waals surface area contributed by atoms with Crippen LogP contribution in [0.3, 0.4) is 0 Å². The average molecular weight is 341 g/mol. The highest BCUT2D eigenvalue weighted by atomic mass is 127. The number of aryl methyl sites for hydroxylation is 3. The molecule has 0 saturated heterocycles. The highest BCUT2D eigenvalue weighted by molar-refractivity contribution is 5.27. The molecule has 0 aliphatic carbocycles. The predicted octanol–water partition coefficient (Wildman–Crippen LogP) is 0.879. The number of halogens is 2. The zero-order valence-corrected chi connectivity index (χ0v) is 12.4. The van der Waals surface area contributed by atoms with Gasteiger partial charge in [0.2, 0.25) is 3.57 Å². The summed E-state index contributed by atoms with van der Waals surface area (Å²) in [5.41, 5.74) is 3.86. The lowest BCUT2D eigenvalue weighted by atomic mass is 10.1. The Morgan fingerprint density at radius 3 is 2.12 bits per heavy atom. The summed E-state index contributed by atoms with van der Waals surface area (Å²) in [5, 5.41) is 0. The van der Waals surface area contributed by atoms with Crippen molar-refractivity contribution >= 4 is 0 Å². The number of hydrogen-bond donors (Lipinski definition) is 0. The fourth-order valence-electron chi connectivity index (χ4n) is 1.93. The van der Waals surface area contributed by atoms with E-state index in [1.807, 2.05) is 12.1 Å². The summed E-state index contributed by atoms with van der Waals surface area (Å²) in [5.74, 6) is -0.0697. The van der Waals surface area contributed by atoms with E-state index in [1.165, 1.54) is 20.3 Å². The molecule has 0 amide bonds. The van der Waals surface area contributed by atoms with Gasteiger partial charge in [-0.25, -0.2) is 4.39 Å². The standard InChI is InChI=1S/C15H15FI/c1-10-8-11(2)15(12(3)9-10)17-14-7-5-4-6-13(14)16/h4-9H,1-3H3/q+1. The Balaban J connectivity index is 2.40. The van der Waals surface area contributed by atoms with Crippen LogP contribution in [0.25, 0.3) is 0 Å². The van der Waals surface area contributed by atoms with E-state index in [1.54, 1.807) is 12.1 Å². The number of hydrogen-bond acceptors (Lipinski definition) is 0. The fraction of sp³-hybridized carbons (Fsp3) is 0.200. The van der Waals surface area contributed by atoms with E-state index >= 15 is 0 Å². The summed E-state index contributed by atoms with van der Waals surface area (Å²) < 4.78 is 15.9. The van der Waals surface area contributed by atoms with Crippen molar-refractivity contribution < 1.29 is 25.6 Å². The molecule has 0 atom stereocenters. The SMILES string of the molecule is Cc1cc(C)c([I+]c2ccccc2F)c(C)c1. The van der Waals surface area contributed by atoms with Crippen LogP contribution in [0.5, 0.6) is 0 Å². The normalized spacial score (nSPS) is 10.6. The Hall–Kier alpha value is -0.900. The molecule has 88 valence electrons. The van der Waals surface area contributed by atoms with Gasteiger partial charge in [0.15, 0.2) is 9.39 Å². The van der Waals surface area contributed by atoms with Crippen LogP contribution < -0.4 is 21.2 Å². The molecule has 0 N–H and O–H groups in total. The lowest BCUT2D eigenvalue weighted by molar-refractivity contribution is -0.601. The maximum absolute atomic E-state index is 13.6. The van der Waals surface area contributed by atoms with E-state index in [4.69, 9.17) is 0 Å². The zero-order valence-electron chi connectivity index (χ0n) is 10.2. The van der Waals surface area contributed by atoms with E-state index < -0.39 is 21.2 Å². The molecular weight excluding hydrogens is 326 g/mol. The second-order valence-electron chi connectivity index (χ2n) is 4.22. The highest BCUT2D eigenvalue weighted by Crippen LogP contribution is 2.07. The molecule has 0 spiro atoms. The summed E-state index contributed by atoms with van der Waals surface area (Å²) in [6.07, 6.45) is 0. The fourth-order valence-corrected chi connectivity index (χ4v) is 4.50. The van der Waals surface area contributed by atoms with E-state index in [0.29, 0.717) is 0 Å². The Morgan fingerprint density at radius 2 is 1.53 bits per heavy atom. The lowest BCUT2D eigenvalue weighted by Gasteiger charge is -2.01. The van der Waals surface area contributed by atoms with Crippen molar-refractivity contribution in [3.05, 3.63) is 66.0 Å². The summed E-state index contributed by atoms with van der Waals surface area (Å²) in [4.78, 5) is 0. The molecule has 0 saturated carbocycles. The van der Waals surface area contributed by atoms with Gasteiger partial charge in [-0.2, -0.15) is 0 Å². The van der Waals surface area contributed by atoms with Crippen molar-refractivity contribution in [2.75, 3.05) is 0 Å². The van der Waals surface area contributed by atoms with Crippen LogP contribution in [0.2, 0.25) is 0 Å². The van der Waals surface area contributed by atoms with Crippen LogP contribution in [0.15, 0.2) is 36.4 Å². The highest BCUT2D eigenvalue weighted by Gasteiger charge is 2.24. The van der Waals surface area contributed by atoms with Crippen LogP contribution >= 0.6 is 0 Å². The Morgan fingerprint density at radius 1 is 0.941 bits per heavy atom. The Bertz CT molecular complexity index is 523. The van der Waals surface area contributed by atoms with E-state index in [-0.39, 0.29) is 5.82 Å². The minimum Gasteiger partial charge on any atom is -0.202 e. The molecule has 0 aliphatic rings. The van der Waals surface area contributed by atoms with Crippen molar-refractivity contribution in [2.24, 2.45) is 0 Å². The third kappa shape index (κ3) is 2.86. The van der Waals surface area contributed by atoms with Gasteiger partial charge in [-0.1, -0.05) is 29.8 Å². The first-order valence-electron chi connectivity index (χ1n) is 5.55. The maximum Gasteiger partial charge on any atom is 0.361 e. The first kappa shape index (κ1) is 12.6. The molecule has 2 aromatic carbocycles. The van der Waals surface area contributed by atoms with Crippen molar-refractivity contribution in [1.29, 1.82) is 0 Å².